The minimum absolute atomic E-state index is 0.0811. The van der Waals surface area contributed by atoms with Gasteiger partial charge in [-0.3, -0.25) is 4.79 Å². The van der Waals surface area contributed by atoms with Crippen molar-refractivity contribution >= 4 is 15.8 Å². The lowest BCUT2D eigenvalue weighted by atomic mass is 10.2. The number of alkyl halides is 2. The number of ketones is 1. The van der Waals surface area contributed by atoms with Crippen molar-refractivity contribution < 1.29 is 26.7 Å². The van der Waals surface area contributed by atoms with Crippen LogP contribution < -0.4 is 9.46 Å². The van der Waals surface area contributed by atoms with E-state index in [-0.39, 0.29) is 34.1 Å². The molecular weight excluding hydrogens is 340 g/mol. The van der Waals surface area contributed by atoms with E-state index in [4.69, 9.17) is 0 Å². The molecule has 0 saturated heterocycles. The Labute approximate surface area is 138 Å². The molecule has 0 amide bonds. The predicted octanol–water partition coefficient (Wildman–Crippen LogP) is 2.97. The maximum atomic E-state index is 12.4. The molecule has 0 aliphatic rings. The Bertz CT molecular complexity index is 837. The van der Waals surface area contributed by atoms with Gasteiger partial charge >= 0.3 is 6.61 Å². The molecule has 0 spiro atoms. The topological polar surface area (TPSA) is 72.5 Å². The average Bonchev–Trinajstić information content (AvgIpc) is 2.53. The Morgan fingerprint density at radius 2 is 1.88 bits per heavy atom. The van der Waals surface area contributed by atoms with Crippen molar-refractivity contribution in [1.29, 1.82) is 0 Å². The number of benzene rings is 2. The molecule has 24 heavy (non-hydrogen) atoms. The number of sulfonamides is 1. The lowest BCUT2D eigenvalue weighted by molar-refractivity contribution is -0.0504. The number of hydrogen-bond acceptors (Lipinski definition) is 4. The zero-order valence-electron chi connectivity index (χ0n) is 12.7. The number of carbonyl (C=O) groups is 1. The Balaban J connectivity index is 2.19. The summed E-state index contributed by atoms with van der Waals surface area (Å²) in [7, 11) is -3.90. The second-order valence-corrected chi connectivity index (χ2v) is 6.66. The third-order valence-electron chi connectivity index (χ3n) is 3.19. The first-order valence-corrected chi connectivity index (χ1v) is 8.41. The first kappa shape index (κ1) is 18.0. The van der Waals surface area contributed by atoms with E-state index in [1.807, 2.05) is 0 Å². The molecule has 0 saturated carbocycles. The van der Waals surface area contributed by atoms with Crippen LogP contribution in [0.5, 0.6) is 5.75 Å². The highest BCUT2D eigenvalue weighted by molar-refractivity contribution is 7.89. The van der Waals surface area contributed by atoms with Crippen molar-refractivity contribution in [3.8, 4) is 5.75 Å². The number of halogens is 2. The number of hydrogen-bond donors (Lipinski definition) is 1. The largest absolute Gasteiger partial charge is 0.434 e. The van der Waals surface area contributed by atoms with Crippen LogP contribution in [-0.4, -0.2) is 20.8 Å². The highest BCUT2D eigenvalue weighted by atomic mass is 32.2. The predicted molar refractivity (Wildman–Crippen MR) is 83.5 cm³/mol. The highest BCUT2D eigenvalue weighted by Crippen LogP contribution is 2.21. The van der Waals surface area contributed by atoms with E-state index in [1.165, 1.54) is 49.4 Å². The van der Waals surface area contributed by atoms with Crippen LogP contribution in [-0.2, 0) is 16.6 Å². The van der Waals surface area contributed by atoms with Gasteiger partial charge in [-0.25, -0.2) is 13.1 Å². The molecule has 2 aromatic carbocycles. The molecule has 0 aromatic heterocycles. The van der Waals surface area contributed by atoms with E-state index in [9.17, 15) is 22.0 Å². The van der Waals surface area contributed by atoms with E-state index in [2.05, 4.69) is 9.46 Å². The third kappa shape index (κ3) is 4.59. The summed E-state index contributed by atoms with van der Waals surface area (Å²) in [6.45, 7) is -1.90. The van der Waals surface area contributed by atoms with E-state index in [0.29, 0.717) is 0 Å². The lowest BCUT2D eigenvalue weighted by Crippen LogP contribution is -2.24. The first-order chi connectivity index (χ1) is 11.3. The fourth-order valence-corrected chi connectivity index (χ4v) is 3.05. The van der Waals surface area contributed by atoms with E-state index in [1.54, 1.807) is 6.07 Å². The molecule has 0 atom stereocenters. The first-order valence-electron chi connectivity index (χ1n) is 6.93. The van der Waals surface area contributed by atoms with Crippen LogP contribution in [0.4, 0.5) is 8.78 Å². The second-order valence-electron chi connectivity index (χ2n) is 4.89. The van der Waals surface area contributed by atoms with E-state index < -0.39 is 16.6 Å². The average molecular weight is 355 g/mol. The van der Waals surface area contributed by atoms with Crippen LogP contribution in [0, 0.1) is 0 Å². The zero-order chi connectivity index (χ0) is 17.7. The molecule has 2 rings (SSSR count). The quantitative estimate of drug-likeness (QED) is 0.775. The Kier molecular flexibility index (Phi) is 5.63. The number of carbonyl (C=O) groups excluding carboxylic acids is 1. The molecular formula is C16H15F2NO4S. The molecule has 0 heterocycles. The van der Waals surface area contributed by atoms with Crippen LogP contribution in [0.1, 0.15) is 22.8 Å². The summed E-state index contributed by atoms with van der Waals surface area (Å²) < 4.78 is 56.0. The van der Waals surface area contributed by atoms with Gasteiger partial charge < -0.3 is 4.74 Å². The standard InChI is InChI=1S/C16H15F2NO4S/c1-11(20)12-6-4-7-14(9-12)24(21,22)19-10-13-5-2-3-8-15(13)23-16(17)18/h2-9,16,19H,10H2,1H3. The number of Topliss-reactive ketones (excluding diaryl/α,β-unsaturated/α-hetero) is 1. The van der Waals surface area contributed by atoms with Crippen LogP contribution in [0.3, 0.4) is 0 Å². The third-order valence-corrected chi connectivity index (χ3v) is 4.59. The summed E-state index contributed by atoms with van der Waals surface area (Å²) in [5.41, 5.74) is 0.531. The van der Waals surface area contributed by atoms with Gasteiger partial charge in [0.2, 0.25) is 10.0 Å². The molecule has 0 unspecified atom stereocenters. The highest BCUT2D eigenvalue weighted by Gasteiger charge is 2.17. The summed E-state index contributed by atoms with van der Waals surface area (Å²) in [6, 6.07) is 11.5. The summed E-state index contributed by atoms with van der Waals surface area (Å²) >= 11 is 0. The van der Waals surface area contributed by atoms with Gasteiger partial charge in [0, 0.05) is 17.7 Å². The fraction of sp³-hybridized carbons (Fsp3) is 0.188. The second kappa shape index (κ2) is 7.50. The Hall–Kier alpha value is -2.32. The minimum atomic E-state index is -3.90. The van der Waals surface area contributed by atoms with Crippen molar-refractivity contribution in [3.05, 3.63) is 59.7 Å². The molecule has 0 bridgehead atoms. The van der Waals surface area contributed by atoms with Crippen LogP contribution in [0.25, 0.3) is 0 Å². The Morgan fingerprint density at radius 1 is 1.17 bits per heavy atom. The lowest BCUT2D eigenvalue weighted by Gasteiger charge is -2.12. The van der Waals surface area contributed by atoms with Gasteiger partial charge in [-0.05, 0) is 25.1 Å². The molecule has 128 valence electrons. The summed E-state index contributed by atoms with van der Waals surface area (Å²) in [5, 5.41) is 0. The molecule has 0 aliphatic carbocycles. The van der Waals surface area contributed by atoms with Gasteiger partial charge in [-0.15, -0.1) is 0 Å². The molecule has 2 aromatic rings. The van der Waals surface area contributed by atoms with Crippen molar-refractivity contribution in [2.24, 2.45) is 0 Å². The number of nitrogens with one attached hydrogen (secondary N) is 1. The van der Waals surface area contributed by atoms with E-state index in [0.717, 1.165) is 0 Å². The summed E-state index contributed by atoms with van der Waals surface area (Å²) in [5.74, 6) is -0.365. The SMILES string of the molecule is CC(=O)c1cccc(S(=O)(=O)NCc2ccccc2OC(F)F)c1. The number of para-hydroxylation sites is 1. The molecule has 5 nitrogen and oxygen atoms in total. The molecule has 0 fully saturated rings. The number of ether oxygens (including phenoxy) is 1. The normalized spacial score (nSPS) is 11.5. The van der Waals surface area contributed by atoms with E-state index >= 15 is 0 Å². The maximum absolute atomic E-state index is 12.4. The number of rotatable bonds is 7. The molecule has 8 heteroatoms. The maximum Gasteiger partial charge on any atom is 0.387 e. The van der Waals surface area contributed by atoms with Crippen molar-refractivity contribution in [2.45, 2.75) is 25.0 Å². The van der Waals surface area contributed by atoms with Crippen LogP contribution >= 0.6 is 0 Å². The monoisotopic (exact) mass is 355 g/mol. The van der Waals surface area contributed by atoms with Gasteiger partial charge in [-0.1, -0.05) is 30.3 Å². The van der Waals surface area contributed by atoms with Crippen molar-refractivity contribution in [1.82, 2.24) is 4.72 Å². The molecule has 0 radical (unpaired) electrons. The smallest absolute Gasteiger partial charge is 0.387 e. The minimum Gasteiger partial charge on any atom is -0.434 e. The van der Waals surface area contributed by atoms with Gasteiger partial charge in [-0.2, -0.15) is 8.78 Å². The van der Waals surface area contributed by atoms with Crippen LogP contribution in [0.2, 0.25) is 0 Å². The summed E-state index contributed by atoms with van der Waals surface area (Å²) in [6.07, 6.45) is 0. The Morgan fingerprint density at radius 3 is 2.54 bits per heavy atom. The van der Waals surface area contributed by atoms with Gasteiger partial charge in [0.05, 0.1) is 4.90 Å². The molecule has 1 N–H and O–H groups in total. The zero-order valence-corrected chi connectivity index (χ0v) is 13.5. The van der Waals surface area contributed by atoms with Gasteiger partial charge in [0.1, 0.15) is 5.75 Å². The van der Waals surface area contributed by atoms with Crippen molar-refractivity contribution in [2.75, 3.05) is 0 Å². The molecule has 0 aliphatic heterocycles. The van der Waals surface area contributed by atoms with Gasteiger partial charge in [0.25, 0.3) is 0 Å². The summed E-state index contributed by atoms with van der Waals surface area (Å²) in [4.78, 5) is 11.3. The van der Waals surface area contributed by atoms with Gasteiger partial charge in [0.15, 0.2) is 5.78 Å². The van der Waals surface area contributed by atoms with Crippen LogP contribution in [0.15, 0.2) is 53.4 Å². The fourth-order valence-electron chi connectivity index (χ4n) is 2.00. The van der Waals surface area contributed by atoms with Crippen molar-refractivity contribution in [3.63, 3.8) is 0 Å².